The van der Waals surface area contributed by atoms with Crippen LogP contribution in [-0.2, 0) is 26.6 Å². The molecule has 4 heteroatoms. The van der Waals surface area contributed by atoms with Crippen LogP contribution >= 0.6 is 17.0 Å². The third-order valence-corrected chi connectivity index (χ3v) is 0.232. The van der Waals surface area contributed by atoms with Gasteiger partial charge in [0.15, 0.2) is 0 Å². The van der Waals surface area contributed by atoms with Gasteiger partial charge in [0.25, 0.3) is 0 Å². The first-order valence-corrected chi connectivity index (χ1v) is 3.05. The van der Waals surface area contributed by atoms with E-state index in [4.69, 9.17) is 3.57 Å². The molecule has 0 fully saturated rings. The first kappa shape index (κ1) is 15.8. The van der Waals surface area contributed by atoms with Crippen molar-refractivity contribution in [3.63, 3.8) is 0 Å². The Morgan fingerprint density at radius 1 is 1.62 bits per heavy atom. The van der Waals surface area contributed by atoms with Crippen LogP contribution in [0.3, 0.4) is 0 Å². The van der Waals surface area contributed by atoms with Gasteiger partial charge in [-0.05, 0) is 0 Å². The number of rotatable bonds is 1. The standard InChI is InChI=1S/C4H7O.BrH.O.Zn/c1-4(2)3-5;;;/h3-4H,1H2,2H3;1H;;/q-1;;;. The van der Waals surface area contributed by atoms with E-state index in [9.17, 15) is 4.79 Å². The molecule has 0 amide bonds. The van der Waals surface area contributed by atoms with Crippen LogP contribution < -0.4 is 0 Å². The third-order valence-electron chi connectivity index (χ3n) is 0.232. The number of halogens is 1. The molecule has 0 aliphatic carbocycles. The van der Waals surface area contributed by atoms with Gasteiger partial charge in [-0.1, -0.05) is 6.92 Å². The number of carbonyl (C=O) groups excluding carboxylic acids is 1. The van der Waals surface area contributed by atoms with E-state index in [2.05, 4.69) is 6.92 Å². The Bertz CT molecular complexity index is 49.3. The van der Waals surface area contributed by atoms with E-state index in [0.717, 1.165) is 6.29 Å². The molecule has 0 heterocycles. The molecule has 0 bridgehead atoms. The van der Waals surface area contributed by atoms with Gasteiger partial charge in [-0.25, -0.2) is 0 Å². The molecule has 0 saturated carbocycles. The number of carbonyl (C=O) groups is 1. The fraction of sp³-hybridized carbons (Fsp3) is 0.500. The van der Waals surface area contributed by atoms with Crippen LogP contribution in [0.1, 0.15) is 6.92 Å². The second kappa shape index (κ2) is 15.6. The van der Waals surface area contributed by atoms with Crippen molar-refractivity contribution in [2.45, 2.75) is 6.92 Å². The summed E-state index contributed by atoms with van der Waals surface area (Å²) >= 11 is 0.125. The molecule has 46 valence electrons. The third kappa shape index (κ3) is 30.8. The maximum absolute atomic E-state index is 9.44. The molecule has 1 atom stereocenters. The number of hydrogen-bond donors (Lipinski definition) is 0. The average molecular weight is 233 g/mol. The van der Waals surface area contributed by atoms with Crippen molar-refractivity contribution in [1.29, 1.82) is 0 Å². The van der Waals surface area contributed by atoms with Crippen molar-refractivity contribution in [3.05, 3.63) is 6.92 Å². The molecule has 0 spiro atoms. The normalized spacial score (nSPS) is 9.50. The van der Waals surface area contributed by atoms with Crippen LogP contribution in [0.5, 0.6) is 0 Å². The first-order chi connectivity index (χ1) is 3.27. The summed E-state index contributed by atoms with van der Waals surface area (Å²) in [5.41, 5.74) is 0. The van der Waals surface area contributed by atoms with E-state index in [-0.39, 0.29) is 41.2 Å². The summed E-state index contributed by atoms with van der Waals surface area (Å²) in [5, 5.41) is 0. The Hall–Kier alpha value is 0.573. The van der Waals surface area contributed by atoms with E-state index in [1.54, 1.807) is 6.92 Å². The maximum atomic E-state index is 9.44. The van der Waals surface area contributed by atoms with Gasteiger partial charge in [0.05, 0.1) is 6.29 Å². The molecule has 0 aromatic carbocycles. The monoisotopic (exact) mass is 231 g/mol. The summed E-state index contributed by atoms with van der Waals surface area (Å²) in [7, 11) is 0. The minimum atomic E-state index is -0.0463. The molecule has 0 N–H and O–H groups in total. The second-order valence-electron chi connectivity index (χ2n) is 1.11. The Labute approximate surface area is 69.7 Å². The fourth-order valence-corrected chi connectivity index (χ4v) is 0. The van der Waals surface area contributed by atoms with Crippen LogP contribution in [0.15, 0.2) is 0 Å². The quantitative estimate of drug-likeness (QED) is 0.386. The van der Waals surface area contributed by atoms with Gasteiger partial charge < -0.3 is 11.7 Å². The van der Waals surface area contributed by atoms with Crippen LogP contribution in [0.25, 0.3) is 0 Å². The summed E-state index contributed by atoms with van der Waals surface area (Å²) in [6, 6.07) is 0. The molecule has 0 aliphatic heterocycles. The molecule has 0 rings (SSSR count). The molecule has 2 nitrogen and oxygen atoms in total. The molecular weight excluding hydrogens is 225 g/mol. The van der Waals surface area contributed by atoms with E-state index >= 15 is 0 Å². The molecule has 0 aromatic rings. The van der Waals surface area contributed by atoms with E-state index < -0.39 is 0 Å². The van der Waals surface area contributed by atoms with E-state index in [0.29, 0.717) is 0 Å². The molecule has 0 aromatic heterocycles. The van der Waals surface area contributed by atoms with Crippen molar-refractivity contribution in [1.82, 2.24) is 0 Å². The Morgan fingerprint density at radius 3 is 1.75 bits per heavy atom. The van der Waals surface area contributed by atoms with Gasteiger partial charge in [-0.2, -0.15) is 0 Å². The molecule has 8 heavy (non-hydrogen) atoms. The molecular formula is C4H8BrO2Zn-. The van der Waals surface area contributed by atoms with Crippen LogP contribution in [0, 0.1) is 12.8 Å². The first-order valence-electron chi connectivity index (χ1n) is 1.84. The number of hydrogen-bond acceptors (Lipinski definition) is 2. The van der Waals surface area contributed by atoms with E-state index in [1.807, 2.05) is 0 Å². The Balaban J connectivity index is -0.0000000750. The van der Waals surface area contributed by atoms with Gasteiger partial charge in [0.1, 0.15) is 0 Å². The van der Waals surface area contributed by atoms with Crippen LogP contribution in [0.4, 0.5) is 0 Å². The zero-order valence-electron chi connectivity index (χ0n) is 4.79. The zero-order chi connectivity index (χ0) is 6.28. The van der Waals surface area contributed by atoms with Gasteiger partial charge in [-0.3, -0.25) is 0 Å². The molecule has 0 aliphatic rings. The van der Waals surface area contributed by atoms with E-state index in [1.165, 1.54) is 0 Å². The predicted molar refractivity (Wildman–Crippen MR) is 31.6 cm³/mol. The van der Waals surface area contributed by atoms with Crippen molar-refractivity contribution in [3.8, 4) is 0 Å². The minimum absolute atomic E-state index is 0. The topological polar surface area (TPSA) is 34.1 Å². The van der Waals surface area contributed by atoms with Crippen molar-refractivity contribution in [2.75, 3.05) is 0 Å². The van der Waals surface area contributed by atoms with Crippen molar-refractivity contribution >= 4 is 23.3 Å². The molecule has 1 unspecified atom stereocenters. The van der Waals surface area contributed by atoms with Gasteiger partial charge in [0, 0.05) is 0 Å². The summed E-state index contributed by atoms with van der Waals surface area (Å²) in [5.74, 6) is -0.0463. The fourth-order valence-electron chi connectivity index (χ4n) is 0. The summed E-state index contributed by atoms with van der Waals surface area (Å²) in [4.78, 5) is 9.44. The van der Waals surface area contributed by atoms with Crippen LogP contribution in [-0.4, -0.2) is 6.29 Å². The zero-order valence-corrected chi connectivity index (χ0v) is 9.47. The molecule has 0 saturated heterocycles. The average Bonchev–Trinajstić information content (AvgIpc) is 1.73. The summed E-state index contributed by atoms with van der Waals surface area (Å²) < 4.78 is 8.38. The van der Waals surface area contributed by atoms with Gasteiger partial charge in [0.2, 0.25) is 0 Å². The Kier molecular flexibility index (Phi) is 31.0. The SMILES string of the molecule is Br.[CH2-]C(C)C=O.[O]=[Zn]. The number of aldehydes is 1. The van der Waals surface area contributed by atoms with Gasteiger partial charge >= 0.3 is 21.8 Å². The van der Waals surface area contributed by atoms with Crippen LogP contribution in [0.2, 0.25) is 0 Å². The second-order valence-corrected chi connectivity index (χ2v) is 1.11. The summed E-state index contributed by atoms with van der Waals surface area (Å²) in [6.07, 6.45) is 0.806. The predicted octanol–water partition coefficient (Wildman–Crippen LogP) is 1.11. The van der Waals surface area contributed by atoms with Crippen molar-refractivity contribution < 1.29 is 26.6 Å². The molecule has 0 radical (unpaired) electrons. The van der Waals surface area contributed by atoms with Gasteiger partial charge in [-0.15, -0.1) is 22.9 Å². The Morgan fingerprint density at radius 2 is 1.75 bits per heavy atom. The summed E-state index contributed by atoms with van der Waals surface area (Å²) in [6.45, 7) is 5.13. The van der Waals surface area contributed by atoms with Crippen molar-refractivity contribution in [2.24, 2.45) is 5.92 Å².